The fraction of sp³-hybridized carbons (Fsp3) is 0.556. The number of hydrogen-bond donors (Lipinski definition) is 2. The molecule has 0 aliphatic carbocycles. The van der Waals surface area contributed by atoms with Crippen LogP contribution in [0.3, 0.4) is 0 Å². The van der Waals surface area contributed by atoms with Crippen LogP contribution in [0, 0.1) is 12.8 Å². The number of carbonyl (C=O) groups excluding carboxylic acids is 1. The summed E-state index contributed by atoms with van der Waals surface area (Å²) in [5, 5.41) is 12.4. The Labute approximate surface area is 138 Å². The van der Waals surface area contributed by atoms with Crippen molar-refractivity contribution in [1.29, 1.82) is 0 Å². The molecule has 1 aromatic carbocycles. The normalized spacial score (nSPS) is 14.9. The Morgan fingerprint density at radius 2 is 1.74 bits per heavy atom. The summed E-state index contributed by atoms with van der Waals surface area (Å²) >= 11 is 0. The molecule has 1 rings (SSSR count). The number of nitrogens with one attached hydrogen (secondary N) is 1. The molecule has 0 heterocycles. The van der Waals surface area contributed by atoms with Crippen LogP contribution >= 0.6 is 0 Å². The Morgan fingerprint density at radius 1 is 1.22 bits per heavy atom. The fourth-order valence-electron chi connectivity index (χ4n) is 2.64. The maximum atomic E-state index is 12.8. The number of aryl methyl sites for hydroxylation is 1. The molecule has 0 radical (unpaired) electrons. The number of likely N-dealkylation sites (N-methyl/N-ethyl adjacent to an activating group) is 1. The summed E-state index contributed by atoms with van der Waals surface area (Å²) in [4.78, 5) is 25.6. The van der Waals surface area contributed by atoms with E-state index in [4.69, 9.17) is 0 Å². The number of rotatable bonds is 6. The van der Waals surface area contributed by atoms with Crippen molar-refractivity contribution in [3.63, 3.8) is 0 Å². The highest BCUT2D eigenvalue weighted by Gasteiger charge is 2.44. The Kier molecular flexibility index (Phi) is 6.19. The number of amides is 2. The van der Waals surface area contributed by atoms with E-state index in [9.17, 15) is 14.7 Å². The lowest BCUT2D eigenvalue weighted by atomic mass is 9.85. The van der Waals surface area contributed by atoms with Crippen LogP contribution in [-0.4, -0.2) is 34.1 Å². The van der Waals surface area contributed by atoms with E-state index >= 15 is 0 Å². The third-order valence-corrected chi connectivity index (χ3v) is 4.62. The molecule has 0 aliphatic heterocycles. The molecule has 5 nitrogen and oxygen atoms in total. The number of carboxylic acid groups (broad SMARTS) is 1. The first-order valence-electron chi connectivity index (χ1n) is 8.02. The van der Waals surface area contributed by atoms with Crippen molar-refractivity contribution in [3.8, 4) is 0 Å². The topological polar surface area (TPSA) is 69.6 Å². The van der Waals surface area contributed by atoms with Crippen LogP contribution in [0.15, 0.2) is 24.3 Å². The van der Waals surface area contributed by atoms with E-state index in [1.165, 1.54) is 4.90 Å². The van der Waals surface area contributed by atoms with E-state index in [1.807, 2.05) is 52.0 Å². The molecule has 2 N–H and O–H groups in total. The van der Waals surface area contributed by atoms with Crippen molar-refractivity contribution in [1.82, 2.24) is 10.2 Å². The molecule has 0 bridgehead atoms. The van der Waals surface area contributed by atoms with Gasteiger partial charge < -0.3 is 10.4 Å². The molecule has 0 fully saturated rings. The van der Waals surface area contributed by atoms with Gasteiger partial charge in [-0.1, -0.05) is 43.7 Å². The summed E-state index contributed by atoms with van der Waals surface area (Å²) in [6.07, 6.45) is -1.08. The van der Waals surface area contributed by atoms with Gasteiger partial charge in [0.15, 0.2) is 0 Å². The third-order valence-electron chi connectivity index (χ3n) is 4.62. The lowest BCUT2D eigenvalue weighted by molar-refractivity contribution is -0.135. The van der Waals surface area contributed by atoms with E-state index in [0.29, 0.717) is 0 Å². The summed E-state index contributed by atoms with van der Waals surface area (Å²) in [7, 11) is 0. The van der Waals surface area contributed by atoms with Crippen molar-refractivity contribution < 1.29 is 14.7 Å². The predicted molar refractivity (Wildman–Crippen MR) is 91.4 cm³/mol. The lowest BCUT2D eigenvalue weighted by Gasteiger charge is -2.41. The van der Waals surface area contributed by atoms with Gasteiger partial charge in [-0.3, -0.25) is 9.69 Å². The predicted octanol–water partition coefficient (Wildman–Crippen LogP) is 3.59. The van der Waals surface area contributed by atoms with E-state index in [1.54, 1.807) is 13.8 Å². The van der Waals surface area contributed by atoms with Gasteiger partial charge in [-0.05, 0) is 39.2 Å². The molecule has 0 saturated carbocycles. The summed E-state index contributed by atoms with van der Waals surface area (Å²) < 4.78 is 0. The Hall–Kier alpha value is -2.04. The van der Waals surface area contributed by atoms with Crippen LogP contribution in [0.2, 0.25) is 0 Å². The van der Waals surface area contributed by atoms with Crippen molar-refractivity contribution in [2.45, 2.75) is 53.1 Å². The summed E-state index contributed by atoms with van der Waals surface area (Å²) in [5.74, 6) is -0.423. The number of hydrogen-bond acceptors (Lipinski definition) is 2. The van der Waals surface area contributed by atoms with Gasteiger partial charge in [0.05, 0.1) is 6.04 Å². The zero-order valence-electron chi connectivity index (χ0n) is 14.9. The molecule has 23 heavy (non-hydrogen) atoms. The van der Waals surface area contributed by atoms with E-state index in [2.05, 4.69) is 5.32 Å². The molecular weight excluding hydrogens is 292 g/mol. The summed E-state index contributed by atoms with van der Waals surface area (Å²) in [6, 6.07) is 7.75. The molecule has 0 aromatic heterocycles. The standard InChI is InChI=1S/C18H28N2O3/c1-7-20(17(22)23)18(6,12(2)3)16(21)19-14(5)15-10-8-13(4)9-11-15/h8-12,14H,7H2,1-6H3,(H,19,21)(H,22,23). The monoisotopic (exact) mass is 320 g/mol. The van der Waals surface area contributed by atoms with Gasteiger partial charge in [0.1, 0.15) is 5.54 Å². The maximum absolute atomic E-state index is 12.8. The number of carbonyl (C=O) groups is 2. The summed E-state index contributed by atoms with van der Waals surface area (Å²) in [5.41, 5.74) is 1.04. The van der Waals surface area contributed by atoms with Gasteiger partial charge in [-0.15, -0.1) is 0 Å². The minimum absolute atomic E-state index is 0.149. The van der Waals surface area contributed by atoms with Gasteiger partial charge in [0, 0.05) is 6.54 Å². The molecule has 0 aliphatic rings. The second-order valence-electron chi connectivity index (χ2n) is 6.43. The second kappa shape index (κ2) is 7.49. The van der Waals surface area contributed by atoms with Crippen molar-refractivity contribution >= 4 is 12.0 Å². The van der Waals surface area contributed by atoms with Crippen LogP contribution in [0.25, 0.3) is 0 Å². The van der Waals surface area contributed by atoms with Gasteiger partial charge in [0.2, 0.25) is 5.91 Å². The maximum Gasteiger partial charge on any atom is 0.408 e. The van der Waals surface area contributed by atoms with Crippen LogP contribution in [-0.2, 0) is 4.79 Å². The summed E-state index contributed by atoms with van der Waals surface area (Å²) in [6.45, 7) is 11.3. The van der Waals surface area contributed by atoms with E-state index in [0.717, 1.165) is 11.1 Å². The van der Waals surface area contributed by atoms with Crippen molar-refractivity contribution in [2.75, 3.05) is 6.54 Å². The van der Waals surface area contributed by atoms with Crippen molar-refractivity contribution in [2.24, 2.45) is 5.92 Å². The van der Waals surface area contributed by atoms with Gasteiger partial charge in [-0.25, -0.2) is 4.79 Å². The quantitative estimate of drug-likeness (QED) is 0.841. The third kappa shape index (κ3) is 4.03. The molecular formula is C18H28N2O3. The molecule has 128 valence electrons. The van der Waals surface area contributed by atoms with E-state index < -0.39 is 11.6 Å². The molecule has 2 amide bonds. The molecule has 0 saturated heterocycles. The first kappa shape index (κ1) is 19.0. The van der Waals surface area contributed by atoms with Gasteiger partial charge in [-0.2, -0.15) is 0 Å². The van der Waals surface area contributed by atoms with Crippen LogP contribution in [0.4, 0.5) is 4.79 Å². The average molecular weight is 320 g/mol. The molecule has 5 heteroatoms. The molecule has 2 unspecified atom stereocenters. The Balaban J connectivity index is 3.02. The first-order valence-corrected chi connectivity index (χ1v) is 8.02. The molecule has 1 aromatic rings. The van der Waals surface area contributed by atoms with E-state index in [-0.39, 0.29) is 24.4 Å². The molecule has 2 atom stereocenters. The average Bonchev–Trinajstić information content (AvgIpc) is 2.47. The van der Waals surface area contributed by atoms with Gasteiger partial charge in [0.25, 0.3) is 0 Å². The number of benzene rings is 1. The zero-order chi connectivity index (χ0) is 17.8. The van der Waals surface area contributed by atoms with Crippen LogP contribution in [0.5, 0.6) is 0 Å². The highest BCUT2D eigenvalue weighted by Crippen LogP contribution is 2.26. The SMILES string of the molecule is CCN(C(=O)O)C(C)(C(=O)NC(C)c1ccc(C)cc1)C(C)C. The first-order chi connectivity index (χ1) is 10.6. The smallest absolute Gasteiger partial charge is 0.408 e. The largest absolute Gasteiger partial charge is 0.465 e. The fourth-order valence-corrected chi connectivity index (χ4v) is 2.64. The number of nitrogens with zero attached hydrogens (tertiary/aromatic N) is 1. The highest BCUT2D eigenvalue weighted by atomic mass is 16.4. The van der Waals surface area contributed by atoms with Crippen LogP contribution < -0.4 is 5.32 Å². The lowest BCUT2D eigenvalue weighted by Crippen LogP contribution is -2.61. The van der Waals surface area contributed by atoms with Gasteiger partial charge >= 0.3 is 6.09 Å². The Morgan fingerprint density at radius 3 is 2.13 bits per heavy atom. The van der Waals surface area contributed by atoms with Crippen molar-refractivity contribution in [3.05, 3.63) is 35.4 Å². The minimum atomic E-state index is -1.11. The van der Waals surface area contributed by atoms with Crippen LogP contribution in [0.1, 0.15) is 51.8 Å². The second-order valence-corrected chi connectivity index (χ2v) is 6.43. The zero-order valence-corrected chi connectivity index (χ0v) is 14.9. The molecule has 0 spiro atoms. The minimum Gasteiger partial charge on any atom is -0.465 e. The highest BCUT2D eigenvalue weighted by molar-refractivity contribution is 5.89. The Bertz CT molecular complexity index is 554.